The monoisotopic (exact) mass is 230 g/mol. The Labute approximate surface area is 100 Å². The summed E-state index contributed by atoms with van der Waals surface area (Å²) in [5.41, 5.74) is 22.5. The van der Waals surface area contributed by atoms with Crippen molar-refractivity contribution >= 4 is 0 Å². The number of hydrogen-bond donors (Lipinski definition) is 4. The molecule has 0 aromatic carbocycles. The minimum atomic E-state index is -0.0374. The van der Waals surface area contributed by atoms with E-state index in [2.05, 4.69) is 0 Å². The maximum Gasteiger partial charge on any atom is 0.0317 e. The van der Waals surface area contributed by atoms with E-state index < -0.39 is 0 Å². The van der Waals surface area contributed by atoms with E-state index in [1.165, 1.54) is 38.5 Å². The minimum Gasteiger partial charge on any atom is -0.330 e. The Hall–Kier alpha value is -0.160. The van der Waals surface area contributed by atoms with Crippen LogP contribution < -0.4 is 22.9 Å². The van der Waals surface area contributed by atoms with Gasteiger partial charge in [-0.05, 0) is 19.4 Å². The lowest BCUT2D eigenvalue weighted by atomic mass is 10.0. The van der Waals surface area contributed by atoms with Crippen LogP contribution in [0.5, 0.6) is 0 Å². The first kappa shape index (κ1) is 15.8. The van der Waals surface area contributed by atoms with E-state index in [-0.39, 0.29) is 12.1 Å². The Balaban J connectivity index is 3.14. The molecule has 0 rings (SSSR count). The molecule has 0 aromatic rings. The van der Waals surface area contributed by atoms with Crippen LogP contribution in [0.4, 0.5) is 0 Å². The lowest BCUT2D eigenvalue weighted by molar-refractivity contribution is 0.468. The van der Waals surface area contributed by atoms with Gasteiger partial charge in [0.05, 0.1) is 0 Å². The summed E-state index contributed by atoms with van der Waals surface area (Å²) in [6, 6.07) is 0.0341. The number of rotatable bonds is 11. The Morgan fingerprint density at radius 1 is 0.625 bits per heavy atom. The van der Waals surface area contributed by atoms with Crippen molar-refractivity contribution < 1.29 is 0 Å². The summed E-state index contributed by atoms with van der Waals surface area (Å²) in [6.07, 6.45) is 9.80. The van der Waals surface area contributed by atoms with E-state index in [1.54, 1.807) is 0 Å². The minimum absolute atomic E-state index is 0.0374. The first-order valence-corrected chi connectivity index (χ1v) is 6.63. The molecule has 0 bridgehead atoms. The van der Waals surface area contributed by atoms with Crippen molar-refractivity contribution in [3.63, 3.8) is 0 Å². The molecule has 0 amide bonds. The van der Waals surface area contributed by atoms with E-state index in [4.69, 9.17) is 22.9 Å². The van der Waals surface area contributed by atoms with Crippen LogP contribution in [0.15, 0.2) is 0 Å². The predicted molar refractivity (Wildman–Crippen MR) is 71.0 cm³/mol. The molecule has 8 N–H and O–H groups in total. The molecule has 0 aliphatic heterocycles. The average molecular weight is 230 g/mol. The van der Waals surface area contributed by atoms with Crippen LogP contribution in [-0.2, 0) is 0 Å². The Kier molecular flexibility index (Phi) is 11.2. The molecule has 0 heterocycles. The normalized spacial score (nSPS) is 15.0. The smallest absolute Gasteiger partial charge is 0.0317 e. The molecule has 0 saturated carbocycles. The molecule has 98 valence electrons. The predicted octanol–water partition coefficient (Wildman–Crippen LogP) is 0.679. The molecule has 16 heavy (non-hydrogen) atoms. The van der Waals surface area contributed by atoms with Gasteiger partial charge in [0.1, 0.15) is 0 Å². The highest BCUT2D eigenvalue weighted by Crippen LogP contribution is 2.09. The fourth-order valence-corrected chi connectivity index (χ4v) is 1.80. The SMILES string of the molecule is NCCCCCCCCCC(N)C(N)CN. The maximum atomic E-state index is 5.89. The van der Waals surface area contributed by atoms with Gasteiger partial charge < -0.3 is 22.9 Å². The average Bonchev–Trinajstić information content (AvgIpc) is 2.31. The highest BCUT2D eigenvalue weighted by Gasteiger charge is 2.10. The summed E-state index contributed by atoms with van der Waals surface area (Å²) in [5.74, 6) is 0. The van der Waals surface area contributed by atoms with Crippen LogP contribution in [0.1, 0.15) is 51.4 Å². The van der Waals surface area contributed by atoms with Crippen molar-refractivity contribution in [1.82, 2.24) is 0 Å². The summed E-state index contributed by atoms with van der Waals surface area (Å²) in [5, 5.41) is 0. The second kappa shape index (κ2) is 11.3. The van der Waals surface area contributed by atoms with Crippen LogP contribution >= 0.6 is 0 Å². The molecule has 0 saturated heterocycles. The molecule has 2 atom stereocenters. The van der Waals surface area contributed by atoms with Gasteiger partial charge in [-0.3, -0.25) is 0 Å². The number of nitrogens with two attached hydrogens (primary N) is 4. The molecule has 0 aliphatic rings. The van der Waals surface area contributed by atoms with Crippen molar-refractivity contribution in [3.8, 4) is 0 Å². The summed E-state index contributed by atoms with van der Waals surface area (Å²) in [6.45, 7) is 1.31. The summed E-state index contributed by atoms with van der Waals surface area (Å²) in [4.78, 5) is 0. The van der Waals surface area contributed by atoms with Crippen molar-refractivity contribution in [1.29, 1.82) is 0 Å². The van der Waals surface area contributed by atoms with Crippen LogP contribution in [-0.4, -0.2) is 25.2 Å². The van der Waals surface area contributed by atoms with Crippen molar-refractivity contribution in [2.24, 2.45) is 22.9 Å². The molecule has 2 unspecified atom stereocenters. The van der Waals surface area contributed by atoms with Gasteiger partial charge in [0.2, 0.25) is 0 Å². The summed E-state index contributed by atoms with van der Waals surface area (Å²) in [7, 11) is 0. The zero-order chi connectivity index (χ0) is 12.2. The van der Waals surface area contributed by atoms with Crippen LogP contribution in [0.3, 0.4) is 0 Å². The molecular formula is C12H30N4. The zero-order valence-corrected chi connectivity index (χ0v) is 10.5. The lowest BCUT2D eigenvalue weighted by Crippen LogP contribution is -2.46. The van der Waals surface area contributed by atoms with Gasteiger partial charge in [-0.15, -0.1) is 0 Å². The third-order valence-electron chi connectivity index (χ3n) is 3.06. The summed E-state index contributed by atoms with van der Waals surface area (Å²) >= 11 is 0. The van der Waals surface area contributed by atoms with Crippen LogP contribution in [0.25, 0.3) is 0 Å². The maximum absolute atomic E-state index is 5.89. The van der Waals surface area contributed by atoms with Gasteiger partial charge in [-0.25, -0.2) is 0 Å². The lowest BCUT2D eigenvalue weighted by Gasteiger charge is -2.17. The van der Waals surface area contributed by atoms with Crippen molar-refractivity contribution in [2.45, 2.75) is 63.5 Å². The van der Waals surface area contributed by atoms with E-state index in [9.17, 15) is 0 Å². The zero-order valence-electron chi connectivity index (χ0n) is 10.5. The topological polar surface area (TPSA) is 104 Å². The largest absolute Gasteiger partial charge is 0.330 e. The second-order valence-electron chi connectivity index (χ2n) is 4.62. The summed E-state index contributed by atoms with van der Waals surface area (Å²) < 4.78 is 0. The highest BCUT2D eigenvalue weighted by atomic mass is 14.8. The number of unbranched alkanes of at least 4 members (excludes halogenated alkanes) is 6. The van der Waals surface area contributed by atoms with Crippen molar-refractivity contribution in [3.05, 3.63) is 0 Å². The van der Waals surface area contributed by atoms with Gasteiger partial charge in [0, 0.05) is 18.6 Å². The van der Waals surface area contributed by atoms with E-state index in [1.807, 2.05) is 0 Å². The fourth-order valence-electron chi connectivity index (χ4n) is 1.80. The second-order valence-corrected chi connectivity index (χ2v) is 4.62. The van der Waals surface area contributed by atoms with E-state index >= 15 is 0 Å². The fraction of sp³-hybridized carbons (Fsp3) is 1.00. The molecule has 0 spiro atoms. The Morgan fingerprint density at radius 2 is 1.12 bits per heavy atom. The van der Waals surface area contributed by atoms with Gasteiger partial charge >= 0.3 is 0 Å². The molecular weight excluding hydrogens is 200 g/mol. The van der Waals surface area contributed by atoms with Gasteiger partial charge in [-0.1, -0.05) is 38.5 Å². The number of hydrogen-bond acceptors (Lipinski definition) is 4. The molecule has 0 fully saturated rings. The molecule has 0 aromatic heterocycles. The third kappa shape index (κ3) is 9.09. The van der Waals surface area contributed by atoms with Crippen LogP contribution in [0.2, 0.25) is 0 Å². The highest BCUT2D eigenvalue weighted by molar-refractivity contribution is 4.76. The molecule has 0 radical (unpaired) electrons. The first-order valence-electron chi connectivity index (χ1n) is 6.63. The standard InChI is InChI=1S/C12H30N4/c13-9-7-5-3-1-2-4-6-8-11(15)12(16)10-14/h11-12H,1-10,13-16H2. The molecule has 4 nitrogen and oxygen atoms in total. The van der Waals surface area contributed by atoms with Gasteiger partial charge in [0.25, 0.3) is 0 Å². The van der Waals surface area contributed by atoms with Crippen LogP contribution in [0, 0.1) is 0 Å². The van der Waals surface area contributed by atoms with E-state index in [0.717, 1.165) is 19.4 Å². The Bertz CT molecular complexity index is 141. The Morgan fingerprint density at radius 3 is 1.62 bits per heavy atom. The van der Waals surface area contributed by atoms with E-state index in [0.29, 0.717) is 6.54 Å². The van der Waals surface area contributed by atoms with Gasteiger partial charge in [0.15, 0.2) is 0 Å². The molecule has 0 aliphatic carbocycles. The van der Waals surface area contributed by atoms with Gasteiger partial charge in [-0.2, -0.15) is 0 Å². The first-order chi connectivity index (χ1) is 7.72. The van der Waals surface area contributed by atoms with Crippen molar-refractivity contribution in [2.75, 3.05) is 13.1 Å². The third-order valence-corrected chi connectivity index (χ3v) is 3.06. The quantitative estimate of drug-likeness (QED) is 0.392. The molecule has 4 heteroatoms.